The van der Waals surface area contributed by atoms with Gasteiger partial charge in [0.2, 0.25) is 0 Å². The largest absolute Gasteiger partial charge is 0.464 e. The van der Waals surface area contributed by atoms with Gasteiger partial charge < -0.3 is 9.52 Å². The number of aryl methyl sites for hydroxylation is 1. The summed E-state index contributed by atoms with van der Waals surface area (Å²) < 4.78 is 7.62. The van der Waals surface area contributed by atoms with E-state index in [0.29, 0.717) is 22.8 Å². The second-order valence-electron chi connectivity index (χ2n) is 4.92. The standard InChI is InChI=1S/C14H14N6O4/c1-8-10(12-18-19(2)14(23)24-12)17-20(9-6-4-3-5-7-9)11(8)15-16-13(21)22/h3-7,15-16H,1-2H3,(H,21,22). The van der Waals surface area contributed by atoms with Crippen molar-refractivity contribution in [1.82, 2.24) is 25.0 Å². The van der Waals surface area contributed by atoms with Gasteiger partial charge in [-0.15, -0.1) is 5.10 Å². The molecule has 10 nitrogen and oxygen atoms in total. The van der Waals surface area contributed by atoms with Crippen LogP contribution in [-0.4, -0.2) is 30.8 Å². The van der Waals surface area contributed by atoms with E-state index in [1.165, 1.54) is 11.7 Å². The van der Waals surface area contributed by atoms with Crippen LogP contribution in [0.3, 0.4) is 0 Å². The Morgan fingerprint density at radius 3 is 2.54 bits per heavy atom. The molecule has 2 aromatic heterocycles. The normalized spacial score (nSPS) is 10.6. The minimum atomic E-state index is -1.25. The lowest BCUT2D eigenvalue weighted by molar-refractivity contribution is 0.197. The zero-order valence-electron chi connectivity index (χ0n) is 12.8. The number of rotatable bonds is 4. The number of anilines is 1. The molecular formula is C14H14N6O4. The molecule has 0 atom stereocenters. The average molecular weight is 330 g/mol. The highest BCUT2D eigenvalue weighted by Crippen LogP contribution is 2.28. The molecule has 0 saturated heterocycles. The number of aromatic nitrogens is 4. The Morgan fingerprint density at radius 1 is 1.25 bits per heavy atom. The van der Waals surface area contributed by atoms with Crippen molar-refractivity contribution in [1.29, 1.82) is 0 Å². The molecule has 1 aromatic carbocycles. The molecule has 10 heteroatoms. The lowest BCUT2D eigenvalue weighted by atomic mass is 10.2. The molecule has 0 bridgehead atoms. The fraction of sp³-hybridized carbons (Fsp3) is 0.143. The summed E-state index contributed by atoms with van der Waals surface area (Å²) in [6.07, 6.45) is -1.25. The molecular weight excluding hydrogens is 316 g/mol. The van der Waals surface area contributed by atoms with Gasteiger partial charge in [-0.05, 0) is 19.1 Å². The van der Waals surface area contributed by atoms with Crippen LogP contribution in [0, 0.1) is 6.92 Å². The maximum absolute atomic E-state index is 11.5. The zero-order chi connectivity index (χ0) is 17.3. The summed E-state index contributed by atoms with van der Waals surface area (Å²) >= 11 is 0. The lowest BCUT2D eigenvalue weighted by Gasteiger charge is -2.10. The average Bonchev–Trinajstić information content (AvgIpc) is 3.06. The van der Waals surface area contributed by atoms with Crippen LogP contribution >= 0.6 is 0 Å². The van der Waals surface area contributed by atoms with Gasteiger partial charge >= 0.3 is 11.8 Å². The molecule has 0 fully saturated rings. The topological polar surface area (TPSA) is 127 Å². The van der Waals surface area contributed by atoms with Crippen molar-refractivity contribution < 1.29 is 14.3 Å². The van der Waals surface area contributed by atoms with Gasteiger partial charge in [0.15, 0.2) is 11.5 Å². The Morgan fingerprint density at radius 2 is 1.96 bits per heavy atom. The predicted molar refractivity (Wildman–Crippen MR) is 83.8 cm³/mol. The molecule has 24 heavy (non-hydrogen) atoms. The summed E-state index contributed by atoms with van der Waals surface area (Å²) in [5.74, 6) is -0.184. The minimum absolute atomic E-state index is 0.0491. The van der Waals surface area contributed by atoms with E-state index in [1.807, 2.05) is 18.2 Å². The van der Waals surface area contributed by atoms with E-state index >= 15 is 0 Å². The minimum Gasteiger partial charge on any atom is -0.464 e. The van der Waals surface area contributed by atoms with Gasteiger partial charge in [0.25, 0.3) is 5.89 Å². The highest BCUT2D eigenvalue weighted by atomic mass is 16.4. The van der Waals surface area contributed by atoms with Gasteiger partial charge in [-0.2, -0.15) is 9.78 Å². The quantitative estimate of drug-likeness (QED) is 0.612. The molecule has 124 valence electrons. The number of nitrogens with zero attached hydrogens (tertiary/aromatic N) is 4. The monoisotopic (exact) mass is 330 g/mol. The first-order chi connectivity index (χ1) is 11.5. The number of carboxylic acid groups (broad SMARTS) is 1. The fourth-order valence-electron chi connectivity index (χ4n) is 2.16. The van der Waals surface area contributed by atoms with Crippen LogP contribution in [0.1, 0.15) is 5.56 Å². The molecule has 3 N–H and O–H groups in total. The van der Waals surface area contributed by atoms with Gasteiger partial charge in [-0.1, -0.05) is 18.2 Å². The highest BCUT2D eigenvalue weighted by molar-refractivity contribution is 5.70. The van der Waals surface area contributed by atoms with E-state index in [0.717, 1.165) is 4.68 Å². The van der Waals surface area contributed by atoms with E-state index in [4.69, 9.17) is 9.52 Å². The van der Waals surface area contributed by atoms with E-state index in [1.54, 1.807) is 19.1 Å². The molecule has 0 saturated carbocycles. The Balaban J connectivity index is 2.14. The molecule has 0 aliphatic rings. The SMILES string of the molecule is Cc1c(-c2nn(C)c(=O)o2)nn(-c2ccccc2)c1NNC(=O)O. The zero-order valence-corrected chi connectivity index (χ0v) is 12.8. The lowest BCUT2D eigenvalue weighted by Crippen LogP contribution is -2.29. The van der Waals surface area contributed by atoms with Crippen molar-refractivity contribution in [3.63, 3.8) is 0 Å². The molecule has 3 aromatic rings. The molecule has 1 amide bonds. The number of carbonyl (C=O) groups is 1. The summed E-state index contributed by atoms with van der Waals surface area (Å²) in [5, 5.41) is 17.2. The van der Waals surface area contributed by atoms with Gasteiger partial charge in [0.05, 0.1) is 5.69 Å². The molecule has 3 rings (SSSR count). The first-order valence-corrected chi connectivity index (χ1v) is 6.92. The maximum Gasteiger partial charge on any atom is 0.437 e. The van der Waals surface area contributed by atoms with Crippen LogP contribution in [0.25, 0.3) is 17.3 Å². The number of amides is 1. The van der Waals surface area contributed by atoms with E-state index in [-0.39, 0.29) is 5.89 Å². The Labute approximate surface area is 135 Å². The van der Waals surface area contributed by atoms with Crippen molar-refractivity contribution in [3.05, 3.63) is 46.4 Å². The summed E-state index contributed by atoms with van der Waals surface area (Å²) in [5.41, 5.74) is 6.25. The van der Waals surface area contributed by atoms with Gasteiger partial charge in [0, 0.05) is 12.6 Å². The third kappa shape index (κ3) is 2.72. The van der Waals surface area contributed by atoms with E-state index in [2.05, 4.69) is 21.0 Å². The molecule has 0 unspecified atom stereocenters. The number of hydrogen-bond acceptors (Lipinski definition) is 6. The second kappa shape index (κ2) is 5.91. The Bertz CT molecular complexity index is 940. The molecule has 0 aliphatic carbocycles. The van der Waals surface area contributed by atoms with Crippen LogP contribution < -0.4 is 16.6 Å². The van der Waals surface area contributed by atoms with Crippen LogP contribution in [0.5, 0.6) is 0 Å². The van der Waals surface area contributed by atoms with Crippen LogP contribution in [-0.2, 0) is 7.05 Å². The number of benzene rings is 1. The molecule has 0 radical (unpaired) electrons. The van der Waals surface area contributed by atoms with Crippen molar-refractivity contribution in [3.8, 4) is 17.3 Å². The number of para-hydroxylation sites is 1. The van der Waals surface area contributed by atoms with Crippen molar-refractivity contribution in [2.75, 3.05) is 5.43 Å². The first kappa shape index (κ1) is 15.3. The summed E-state index contributed by atoms with van der Waals surface area (Å²) in [7, 11) is 1.46. The molecule has 0 spiro atoms. The smallest absolute Gasteiger partial charge is 0.437 e. The van der Waals surface area contributed by atoms with Crippen LogP contribution in [0.2, 0.25) is 0 Å². The number of nitrogens with one attached hydrogen (secondary N) is 2. The highest BCUT2D eigenvalue weighted by Gasteiger charge is 2.21. The van der Waals surface area contributed by atoms with Crippen molar-refractivity contribution >= 4 is 11.9 Å². The predicted octanol–water partition coefficient (Wildman–Crippen LogP) is 1.13. The maximum atomic E-state index is 11.5. The third-order valence-corrected chi connectivity index (χ3v) is 3.30. The van der Waals surface area contributed by atoms with Crippen molar-refractivity contribution in [2.24, 2.45) is 7.05 Å². The van der Waals surface area contributed by atoms with Crippen LogP contribution in [0.15, 0.2) is 39.5 Å². The Kier molecular flexibility index (Phi) is 3.78. The second-order valence-corrected chi connectivity index (χ2v) is 4.92. The third-order valence-electron chi connectivity index (χ3n) is 3.30. The number of hydrazine groups is 1. The Hall–Kier alpha value is -3.56. The molecule has 2 heterocycles. The van der Waals surface area contributed by atoms with Gasteiger partial charge in [0.1, 0.15) is 0 Å². The number of hydrogen-bond donors (Lipinski definition) is 3. The van der Waals surface area contributed by atoms with Crippen molar-refractivity contribution in [2.45, 2.75) is 6.92 Å². The van der Waals surface area contributed by atoms with E-state index < -0.39 is 11.8 Å². The summed E-state index contributed by atoms with van der Waals surface area (Å²) in [6, 6.07) is 9.09. The summed E-state index contributed by atoms with van der Waals surface area (Å²) in [4.78, 5) is 22.3. The van der Waals surface area contributed by atoms with E-state index in [9.17, 15) is 9.59 Å². The molecule has 0 aliphatic heterocycles. The first-order valence-electron chi connectivity index (χ1n) is 6.92. The summed E-state index contributed by atoms with van der Waals surface area (Å²) in [6.45, 7) is 1.71. The van der Waals surface area contributed by atoms with Gasteiger partial charge in [-0.3, -0.25) is 5.43 Å². The van der Waals surface area contributed by atoms with Gasteiger partial charge in [-0.25, -0.2) is 19.7 Å². The fourth-order valence-corrected chi connectivity index (χ4v) is 2.16. The van der Waals surface area contributed by atoms with Crippen LogP contribution in [0.4, 0.5) is 10.6 Å².